The summed E-state index contributed by atoms with van der Waals surface area (Å²) in [5.41, 5.74) is 1.36. The summed E-state index contributed by atoms with van der Waals surface area (Å²) in [6.45, 7) is 1.75. The van der Waals surface area contributed by atoms with Gasteiger partial charge < -0.3 is 5.11 Å². The molecule has 0 aliphatic heterocycles. The van der Waals surface area contributed by atoms with Crippen molar-refractivity contribution in [3.63, 3.8) is 0 Å². The van der Waals surface area contributed by atoms with Gasteiger partial charge in [-0.25, -0.2) is 4.79 Å². The predicted molar refractivity (Wildman–Crippen MR) is 78.4 cm³/mol. The van der Waals surface area contributed by atoms with Crippen LogP contribution in [-0.4, -0.2) is 11.1 Å². The van der Waals surface area contributed by atoms with Gasteiger partial charge in [-0.3, -0.25) is 0 Å². The van der Waals surface area contributed by atoms with E-state index in [0.29, 0.717) is 21.0 Å². The first-order chi connectivity index (χ1) is 9.52. The minimum absolute atomic E-state index is 0.260. The summed E-state index contributed by atoms with van der Waals surface area (Å²) in [7, 11) is 0. The molecule has 2 rings (SSSR count). The van der Waals surface area contributed by atoms with Crippen molar-refractivity contribution in [3.8, 4) is 6.07 Å². The fourth-order valence-electron chi connectivity index (χ4n) is 1.72. The van der Waals surface area contributed by atoms with Crippen molar-refractivity contribution in [2.75, 3.05) is 0 Å². The normalized spacial score (nSPS) is 10.1. The number of carboxylic acids is 1. The Bertz CT molecular complexity index is 722. The van der Waals surface area contributed by atoms with E-state index in [9.17, 15) is 4.79 Å². The van der Waals surface area contributed by atoms with Gasteiger partial charge in [0.1, 0.15) is 6.07 Å². The fraction of sp³-hybridized carbons (Fsp3) is 0.0667. The molecular formula is C15H10ClNO2S. The van der Waals surface area contributed by atoms with E-state index >= 15 is 0 Å². The maximum Gasteiger partial charge on any atom is 0.335 e. The van der Waals surface area contributed by atoms with E-state index in [2.05, 4.69) is 6.07 Å². The van der Waals surface area contributed by atoms with E-state index in [-0.39, 0.29) is 5.56 Å². The van der Waals surface area contributed by atoms with Crippen LogP contribution < -0.4 is 0 Å². The third kappa shape index (κ3) is 2.96. The number of carbonyl (C=O) groups is 1. The zero-order valence-electron chi connectivity index (χ0n) is 10.6. The summed E-state index contributed by atoms with van der Waals surface area (Å²) in [5.74, 6) is -0.962. The minimum atomic E-state index is -0.962. The van der Waals surface area contributed by atoms with Crippen LogP contribution >= 0.6 is 23.4 Å². The molecule has 0 saturated carbocycles. The van der Waals surface area contributed by atoms with Gasteiger partial charge in [-0.2, -0.15) is 5.26 Å². The molecule has 0 bridgehead atoms. The minimum Gasteiger partial charge on any atom is -0.478 e. The number of carboxylic acid groups (broad SMARTS) is 1. The highest BCUT2D eigenvalue weighted by Crippen LogP contribution is 2.34. The summed E-state index contributed by atoms with van der Waals surface area (Å²) >= 11 is 7.30. The molecule has 0 unspecified atom stereocenters. The van der Waals surface area contributed by atoms with Crippen LogP contribution in [-0.2, 0) is 0 Å². The van der Waals surface area contributed by atoms with Crippen LogP contribution in [0.2, 0.25) is 5.02 Å². The number of hydrogen-bond acceptors (Lipinski definition) is 3. The van der Waals surface area contributed by atoms with Crippen LogP contribution in [0.4, 0.5) is 0 Å². The molecular weight excluding hydrogens is 294 g/mol. The quantitative estimate of drug-likeness (QED) is 0.914. The Hall–Kier alpha value is -1.96. The van der Waals surface area contributed by atoms with Crippen LogP contribution in [0.5, 0.6) is 0 Å². The predicted octanol–water partition coefficient (Wildman–Crippen LogP) is 4.37. The monoisotopic (exact) mass is 303 g/mol. The molecule has 0 aromatic heterocycles. The van der Waals surface area contributed by atoms with Crippen molar-refractivity contribution < 1.29 is 9.90 Å². The van der Waals surface area contributed by atoms with Crippen LogP contribution in [0.15, 0.2) is 46.2 Å². The van der Waals surface area contributed by atoms with E-state index in [4.69, 9.17) is 22.0 Å². The second-order valence-electron chi connectivity index (χ2n) is 4.11. The molecule has 0 saturated heterocycles. The summed E-state index contributed by atoms with van der Waals surface area (Å²) in [6.07, 6.45) is 0. The average Bonchev–Trinajstić information content (AvgIpc) is 2.41. The molecule has 0 fully saturated rings. The fourth-order valence-corrected chi connectivity index (χ4v) is 2.96. The molecule has 1 N–H and O–H groups in total. The summed E-state index contributed by atoms with van der Waals surface area (Å²) < 4.78 is 0. The lowest BCUT2D eigenvalue weighted by molar-refractivity contribution is 0.0696. The molecule has 0 atom stereocenters. The van der Waals surface area contributed by atoms with E-state index < -0.39 is 5.97 Å². The van der Waals surface area contributed by atoms with Crippen molar-refractivity contribution in [1.29, 1.82) is 5.26 Å². The molecule has 0 amide bonds. The molecule has 0 spiro atoms. The molecule has 0 aliphatic carbocycles. The lowest BCUT2D eigenvalue weighted by Gasteiger charge is -2.07. The first kappa shape index (κ1) is 14.4. The number of nitrogens with zero attached hydrogens (tertiary/aromatic N) is 1. The summed E-state index contributed by atoms with van der Waals surface area (Å²) in [6, 6.07) is 12.4. The van der Waals surface area contributed by atoms with E-state index in [0.717, 1.165) is 4.90 Å². The van der Waals surface area contributed by atoms with Gasteiger partial charge in [-0.15, -0.1) is 0 Å². The van der Waals surface area contributed by atoms with Gasteiger partial charge in [-0.1, -0.05) is 35.5 Å². The molecule has 0 aliphatic rings. The molecule has 2 aromatic carbocycles. The molecule has 2 aromatic rings. The zero-order valence-corrected chi connectivity index (χ0v) is 12.1. The highest BCUT2D eigenvalue weighted by Gasteiger charge is 2.11. The summed E-state index contributed by atoms with van der Waals surface area (Å²) in [4.78, 5) is 12.6. The molecule has 5 heteroatoms. The summed E-state index contributed by atoms with van der Waals surface area (Å²) in [5, 5.41) is 18.6. The zero-order chi connectivity index (χ0) is 14.7. The first-order valence-corrected chi connectivity index (χ1v) is 6.93. The highest BCUT2D eigenvalue weighted by molar-refractivity contribution is 7.99. The Morgan fingerprint density at radius 2 is 2.10 bits per heavy atom. The number of halogens is 1. The van der Waals surface area contributed by atoms with Crippen molar-refractivity contribution in [1.82, 2.24) is 0 Å². The van der Waals surface area contributed by atoms with Crippen molar-refractivity contribution in [2.45, 2.75) is 16.7 Å². The van der Waals surface area contributed by atoms with Gasteiger partial charge in [-0.05, 0) is 36.8 Å². The lowest BCUT2D eigenvalue weighted by atomic mass is 10.1. The van der Waals surface area contributed by atoms with E-state index in [1.165, 1.54) is 11.8 Å². The second-order valence-corrected chi connectivity index (χ2v) is 5.63. The average molecular weight is 304 g/mol. The standard InChI is InChI=1S/C15H10ClNO2S/c1-9-5-6-10(7-11(9)15(18)19)20-14-4-2-3-13(16)12(14)8-17/h2-7H,1H3,(H,18,19). The number of rotatable bonds is 3. The van der Waals surface area contributed by atoms with Gasteiger partial charge in [0, 0.05) is 9.79 Å². The van der Waals surface area contributed by atoms with Gasteiger partial charge >= 0.3 is 5.97 Å². The largest absolute Gasteiger partial charge is 0.478 e. The van der Waals surface area contributed by atoms with Crippen LogP contribution in [0.3, 0.4) is 0 Å². The van der Waals surface area contributed by atoms with Crippen molar-refractivity contribution in [2.24, 2.45) is 0 Å². The third-order valence-corrected chi connectivity index (χ3v) is 4.12. The smallest absolute Gasteiger partial charge is 0.335 e. The molecule has 0 heterocycles. The Kier molecular flexibility index (Phi) is 4.33. The Morgan fingerprint density at radius 1 is 1.35 bits per heavy atom. The lowest BCUT2D eigenvalue weighted by Crippen LogP contribution is -1.99. The maximum atomic E-state index is 11.1. The number of aryl methyl sites for hydroxylation is 1. The van der Waals surface area contributed by atoms with Crippen LogP contribution in [0, 0.1) is 18.3 Å². The maximum absolute atomic E-state index is 11.1. The second kappa shape index (κ2) is 6.00. The Morgan fingerprint density at radius 3 is 2.75 bits per heavy atom. The van der Waals surface area contributed by atoms with Gasteiger partial charge in [0.2, 0.25) is 0 Å². The Balaban J connectivity index is 2.41. The van der Waals surface area contributed by atoms with Crippen molar-refractivity contribution >= 4 is 29.3 Å². The highest BCUT2D eigenvalue weighted by atomic mass is 35.5. The molecule has 0 radical (unpaired) electrons. The number of nitriles is 1. The van der Waals surface area contributed by atoms with Crippen LogP contribution in [0.1, 0.15) is 21.5 Å². The number of benzene rings is 2. The SMILES string of the molecule is Cc1ccc(Sc2cccc(Cl)c2C#N)cc1C(=O)O. The Labute approximate surface area is 125 Å². The van der Waals surface area contributed by atoms with Crippen molar-refractivity contribution in [3.05, 3.63) is 58.1 Å². The van der Waals surface area contributed by atoms with E-state index in [1.54, 1.807) is 37.3 Å². The molecule has 100 valence electrons. The van der Waals surface area contributed by atoms with Gasteiger partial charge in [0.25, 0.3) is 0 Å². The topological polar surface area (TPSA) is 61.1 Å². The first-order valence-electron chi connectivity index (χ1n) is 5.73. The van der Waals surface area contributed by atoms with E-state index in [1.807, 2.05) is 6.07 Å². The third-order valence-electron chi connectivity index (χ3n) is 2.75. The van der Waals surface area contributed by atoms with Crippen LogP contribution in [0.25, 0.3) is 0 Å². The number of aromatic carboxylic acids is 1. The van der Waals surface area contributed by atoms with Gasteiger partial charge in [0.05, 0.1) is 16.1 Å². The number of hydrogen-bond donors (Lipinski definition) is 1. The molecule has 3 nitrogen and oxygen atoms in total. The molecule has 20 heavy (non-hydrogen) atoms. The van der Waals surface area contributed by atoms with Gasteiger partial charge in [0.15, 0.2) is 0 Å².